The van der Waals surface area contributed by atoms with E-state index in [-0.39, 0.29) is 17.4 Å². The van der Waals surface area contributed by atoms with Gasteiger partial charge in [0.25, 0.3) is 0 Å². The monoisotopic (exact) mass is 794 g/mol. The number of rotatable bonds is 5. The van der Waals surface area contributed by atoms with E-state index in [0.717, 1.165) is 29.1 Å². The van der Waals surface area contributed by atoms with Crippen molar-refractivity contribution in [2.24, 2.45) is 15.9 Å². The summed E-state index contributed by atoms with van der Waals surface area (Å²) in [6.45, 7) is 7.07. The molecular formula is C60H46N2. The normalized spacial score (nSPS) is 17.8. The Morgan fingerprint density at radius 3 is 1.77 bits per heavy atom. The van der Waals surface area contributed by atoms with Crippen molar-refractivity contribution in [2.45, 2.75) is 44.1 Å². The van der Waals surface area contributed by atoms with E-state index < -0.39 is 5.41 Å². The standard InChI is InChI=1S/C60H46N2/c1-4-43-56(42-32-34-46-40(36-42)31-30-38-18-8-9-21-44(38)46)61-58(39-19-6-5-7-20-39)62-57(43)48-24-11-10-22-45(48)41-33-35-51-49(37-41)47-23-12-13-25-50(47)60(51)54-28-16-14-26-52(54)59(2,3)53-27-15-17-29-55(53)60/h5-37,43,57H,4H2,1-3H3. The molecule has 0 radical (unpaired) electrons. The highest BCUT2D eigenvalue weighted by atomic mass is 15.0. The van der Waals surface area contributed by atoms with Gasteiger partial charge >= 0.3 is 0 Å². The smallest absolute Gasteiger partial charge is 0.155 e. The van der Waals surface area contributed by atoms with Crippen LogP contribution >= 0.6 is 0 Å². The highest BCUT2D eigenvalue weighted by molar-refractivity contribution is 6.17. The molecular weight excluding hydrogens is 749 g/mol. The third-order valence-corrected chi connectivity index (χ3v) is 14.4. The Labute approximate surface area is 364 Å². The predicted octanol–water partition coefficient (Wildman–Crippen LogP) is 14.7. The molecule has 0 N–H and O–H groups in total. The Bertz CT molecular complexity index is 3280. The molecule has 2 heteroatoms. The van der Waals surface area contributed by atoms with Crippen molar-refractivity contribution in [3.63, 3.8) is 0 Å². The van der Waals surface area contributed by atoms with Gasteiger partial charge in [-0.3, -0.25) is 4.99 Å². The molecule has 2 unspecified atom stereocenters. The Morgan fingerprint density at radius 2 is 1.02 bits per heavy atom. The molecule has 296 valence electrons. The zero-order valence-electron chi connectivity index (χ0n) is 35.3. The summed E-state index contributed by atoms with van der Waals surface area (Å²) in [6, 6.07) is 74.2. The van der Waals surface area contributed by atoms with Gasteiger partial charge in [0.05, 0.1) is 17.2 Å². The maximum Gasteiger partial charge on any atom is 0.155 e. The minimum atomic E-state index is -0.421. The van der Waals surface area contributed by atoms with E-state index in [1.54, 1.807) is 0 Å². The fraction of sp³-hybridized carbons (Fsp3) is 0.133. The summed E-state index contributed by atoms with van der Waals surface area (Å²) in [7, 11) is 0. The molecule has 2 aliphatic carbocycles. The molecule has 2 nitrogen and oxygen atoms in total. The average molecular weight is 795 g/mol. The van der Waals surface area contributed by atoms with Crippen LogP contribution in [0.1, 0.15) is 83.3 Å². The van der Waals surface area contributed by atoms with Crippen molar-refractivity contribution in [3.05, 3.63) is 250 Å². The fourth-order valence-electron chi connectivity index (χ4n) is 11.5. The molecule has 62 heavy (non-hydrogen) atoms. The van der Waals surface area contributed by atoms with E-state index in [1.165, 1.54) is 82.7 Å². The molecule has 1 spiro atoms. The van der Waals surface area contributed by atoms with Crippen LogP contribution in [0.4, 0.5) is 0 Å². The molecule has 9 aromatic rings. The van der Waals surface area contributed by atoms with Crippen molar-refractivity contribution < 1.29 is 0 Å². The van der Waals surface area contributed by atoms with Crippen LogP contribution in [0.5, 0.6) is 0 Å². The van der Waals surface area contributed by atoms with Gasteiger partial charge in [-0.15, -0.1) is 0 Å². The lowest BCUT2D eigenvalue weighted by molar-refractivity contribution is 0.533. The summed E-state index contributed by atoms with van der Waals surface area (Å²) < 4.78 is 0. The third kappa shape index (κ3) is 5.23. The fourth-order valence-corrected chi connectivity index (χ4v) is 11.5. The van der Waals surface area contributed by atoms with Crippen LogP contribution in [0.2, 0.25) is 0 Å². The summed E-state index contributed by atoms with van der Waals surface area (Å²) in [5.41, 5.74) is 17.2. The number of amidine groups is 1. The topological polar surface area (TPSA) is 24.7 Å². The second-order valence-corrected chi connectivity index (χ2v) is 17.9. The van der Waals surface area contributed by atoms with Gasteiger partial charge in [-0.05, 0) is 107 Å². The Kier molecular flexibility index (Phi) is 8.25. The highest BCUT2D eigenvalue weighted by Gasteiger charge is 2.53. The molecule has 9 aromatic carbocycles. The average Bonchev–Trinajstić information content (AvgIpc) is 3.63. The molecule has 1 heterocycles. The van der Waals surface area contributed by atoms with E-state index in [9.17, 15) is 0 Å². The van der Waals surface area contributed by atoms with Crippen LogP contribution in [-0.4, -0.2) is 11.5 Å². The number of fused-ring (bicyclic) bond motifs is 12. The van der Waals surface area contributed by atoms with E-state index >= 15 is 0 Å². The van der Waals surface area contributed by atoms with Gasteiger partial charge < -0.3 is 0 Å². The molecule has 0 fully saturated rings. The summed E-state index contributed by atoms with van der Waals surface area (Å²) in [4.78, 5) is 11.1. The number of nitrogens with zero attached hydrogens (tertiary/aromatic N) is 2. The van der Waals surface area contributed by atoms with Crippen LogP contribution < -0.4 is 0 Å². The van der Waals surface area contributed by atoms with Crippen LogP contribution in [-0.2, 0) is 10.8 Å². The van der Waals surface area contributed by atoms with Crippen LogP contribution in [0, 0.1) is 5.92 Å². The van der Waals surface area contributed by atoms with Gasteiger partial charge in [0.2, 0.25) is 0 Å². The second-order valence-electron chi connectivity index (χ2n) is 17.9. The van der Waals surface area contributed by atoms with Crippen LogP contribution in [0.25, 0.3) is 43.8 Å². The summed E-state index contributed by atoms with van der Waals surface area (Å²) in [5, 5.41) is 5.02. The van der Waals surface area contributed by atoms with E-state index in [4.69, 9.17) is 9.98 Å². The van der Waals surface area contributed by atoms with Gasteiger partial charge in [0, 0.05) is 16.9 Å². The van der Waals surface area contributed by atoms with Crippen molar-refractivity contribution in [3.8, 4) is 22.3 Å². The number of aliphatic imine (C=N–C) groups is 2. The maximum atomic E-state index is 5.61. The van der Waals surface area contributed by atoms with Crippen LogP contribution in [0.15, 0.2) is 210 Å². The van der Waals surface area contributed by atoms with E-state index in [2.05, 4.69) is 221 Å². The van der Waals surface area contributed by atoms with E-state index in [1.807, 2.05) is 0 Å². The lowest BCUT2D eigenvalue weighted by Crippen LogP contribution is -2.40. The lowest BCUT2D eigenvalue weighted by atomic mass is 9.55. The van der Waals surface area contributed by atoms with Crippen molar-refractivity contribution in [1.82, 2.24) is 0 Å². The predicted molar refractivity (Wildman–Crippen MR) is 259 cm³/mol. The SMILES string of the molecule is CCC1C(c2ccc3c(ccc4ccccc43)c2)=NC(c2ccccc2)=NC1c1ccccc1-c1ccc2c(c1)-c1ccccc1C21c2ccccc2C(C)(C)c2ccccc21. The third-order valence-electron chi connectivity index (χ3n) is 14.4. The summed E-state index contributed by atoms with van der Waals surface area (Å²) in [5.74, 6) is 0.852. The first-order valence-electron chi connectivity index (χ1n) is 22.1. The van der Waals surface area contributed by atoms with Crippen LogP contribution in [0.3, 0.4) is 0 Å². The van der Waals surface area contributed by atoms with Gasteiger partial charge in [-0.2, -0.15) is 0 Å². The number of benzene rings is 9. The lowest BCUT2D eigenvalue weighted by Gasteiger charge is -2.46. The number of hydrogen-bond acceptors (Lipinski definition) is 2. The molecule has 0 aromatic heterocycles. The quantitative estimate of drug-likeness (QED) is 0.155. The first kappa shape index (κ1) is 36.7. The molecule has 2 atom stereocenters. The van der Waals surface area contributed by atoms with Crippen molar-refractivity contribution >= 4 is 33.1 Å². The van der Waals surface area contributed by atoms with Gasteiger partial charge in [-0.1, -0.05) is 209 Å². The first-order chi connectivity index (χ1) is 30.5. The number of hydrogen-bond donors (Lipinski definition) is 0. The zero-order valence-corrected chi connectivity index (χ0v) is 35.3. The Balaban J connectivity index is 1.03. The second kappa shape index (κ2) is 13.9. The molecule has 0 amide bonds. The zero-order chi connectivity index (χ0) is 41.6. The molecule has 0 saturated carbocycles. The molecule has 0 bridgehead atoms. The summed E-state index contributed by atoms with van der Waals surface area (Å²) >= 11 is 0. The van der Waals surface area contributed by atoms with Gasteiger partial charge in [0.15, 0.2) is 5.84 Å². The Morgan fingerprint density at radius 1 is 0.435 bits per heavy atom. The largest absolute Gasteiger partial charge is 0.257 e. The minimum Gasteiger partial charge on any atom is -0.257 e. The molecule has 12 rings (SSSR count). The highest BCUT2D eigenvalue weighted by Crippen LogP contribution is 2.62. The molecule has 3 aliphatic rings. The van der Waals surface area contributed by atoms with E-state index in [0.29, 0.717) is 0 Å². The summed E-state index contributed by atoms with van der Waals surface area (Å²) in [6.07, 6.45) is 0.897. The van der Waals surface area contributed by atoms with Gasteiger partial charge in [-0.25, -0.2) is 4.99 Å². The molecule has 1 aliphatic heterocycles. The van der Waals surface area contributed by atoms with Crippen molar-refractivity contribution in [1.29, 1.82) is 0 Å². The maximum absolute atomic E-state index is 5.61. The molecule has 0 saturated heterocycles. The Hall–Kier alpha value is -7.16. The first-order valence-corrected chi connectivity index (χ1v) is 22.1. The van der Waals surface area contributed by atoms with Gasteiger partial charge in [0.1, 0.15) is 0 Å². The minimum absolute atomic E-state index is 0.0681. The van der Waals surface area contributed by atoms with Crippen molar-refractivity contribution in [2.75, 3.05) is 0 Å².